The molecular formula is C22H26FNOS. The van der Waals surface area contributed by atoms with Crippen molar-refractivity contribution in [3.63, 3.8) is 0 Å². The SMILES string of the molecule is CC(C)(C)c1ccc2c(c1)CCC1NCCC21[S+]([O-])c1cccc(F)c1. The van der Waals surface area contributed by atoms with E-state index >= 15 is 0 Å². The van der Waals surface area contributed by atoms with Gasteiger partial charge in [-0.1, -0.05) is 45.0 Å². The second-order valence-corrected chi connectivity index (χ2v) is 10.3. The van der Waals surface area contributed by atoms with Crippen LogP contribution in [0.15, 0.2) is 47.4 Å². The molecule has 1 heterocycles. The second-order valence-electron chi connectivity index (χ2n) is 8.53. The zero-order chi connectivity index (χ0) is 18.5. The summed E-state index contributed by atoms with van der Waals surface area (Å²) in [7, 11) is 0. The van der Waals surface area contributed by atoms with Crippen LogP contribution in [0.5, 0.6) is 0 Å². The highest BCUT2D eigenvalue weighted by molar-refractivity contribution is 7.92. The smallest absolute Gasteiger partial charge is 0.172 e. The van der Waals surface area contributed by atoms with Crippen LogP contribution in [-0.4, -0.2) is 17.1 Å². The van der Waals surface area contributed by atoms with E-state index in [9.17, 15) is 8.94 Å². The molecule has 2 nitrogen and oxygen atoms in total. The van der Waals surface area contributed by atoms with Crippen molar-refractivity contribution in [3.8, 4) is 0 Å². The third kappa shape index (κ3) is 2.79. The average molecular weight is 372 g/mol. The molecule has 0 saturated carbocycles. The standard InChI is InChI=1S/C22H26FNOS/c1-21(2,3)16-8-9-19-15(13-16)7-10-20-22(19,11-12-24-20)26(25)18-6-4-5-17(23)14-18/h4-6,8-9,13-14,20,24H,7,10-12H2,1-3H3. The molecule has 1 saturated heterocycles. The van der Waals surface area contributed by atoms with Gasteiger partial charge in [0.15, 0.2) is 9.64 Å². The van der Waals surface area contributed by atoms with Gasteiger partial charge < -0.3 is 9.87 Å². The minimum absolute atomic E-state index is 0.0919. The molecule has 4 rings (SSSR count). The van der Waals surface area contributed by atoms with Gasteiger partial charge >= 0.3 is 0 Å². The largest absolute Gasteiger partial charge is 0.611 e. The van der Waals surface area contributed by atoms with Gasteiger partial charge in [-0.15, -0.1) is 0 Å². The van der Waals surface area contributed by atoms with E-state index < -0.39 is 15.9 Å². The van der Waals surface area contributed by atoms with Gasteiger partial charge in [0.05, 0.1) is 6.04 Å². The molecule has 2 aromatic rings. The average Bonchev–Trinajstić information content (AvgIpc) is 3.05. The van der Waals surface area contributed by atoms with Gasteiger partial charge in [0.2, 0.25) is 0 Å². The van der Waals surface area contributed by atoms with Gasteiger partial charge in [0.25, 0.3) is 0 Å². The third-order valence-electron chi connectivity index (χ3n) is 5.92. The van der Waals surface area contributed by atoms with Crippen LogP contribution >= 0.6 is 0 Å². The summed E-state index contributed by atoms with van der Waals surface area (Å²) >= 11 is -1.30. The molecule has 3 unspecified atom stereocenters. The predicted octanol–water partition coefficient (Wildman–Crippen LogP) is 4.43. The van der Waals surface area contributed by atoms with Gasteiger partial charge in [0, 0.05) is 24.6 Å². The Kier molecular flexibility index (Phi) is 4.41. The summed E-state index contributed by atoms with van der Waals surface area (Å²) in [4.78, 5) is 0.589. The van der Waals surface area contributed by atoms with E-state index in [4.69, 9.17) is 0 Å². The van der Waals surface area contributed by atoms with Crippen molar-refractivity contribution in [1.82, 2.24) is 5.32 Å². The number of aryl methyl sites for hydroxylation is 1. The minimum atomic E-state index is -1.30. The number of hydrogen-bond acceptors (Lipinski definition) is 2. The summed E-state index contributed by atoms with van der Waals surface area (Å²) in [6.07, 6.45) is 2.79. The number of rotatable bonds is 2. The molecule has 0 bridgehead atoms. The Labute approximate surface area is 158 Å². The minimum Gasteiger partial charge on any atom is -0.611 e. The Balaban J connectivity index is 1.84. The number of benzene rings is 2. The highest BCUT2D eigenvalue weighted by atomic mass is 32.2. The molecule has 0 amide bonds. The molecule has 1 fully saturated rings. The fourth-order valence-electron chi connectivity index (χ4n) is 4.52. The first kappa shape index (κ1) is 18.0. The Morgan fingerprint density at radius 1 is 1.19 bits per heavy atom. The van der Waals surface area contributed by atoms with Crippen LogP contribution in [0.25, 0.3) is 0 Å². The number of nitrogens with one attached hydrogen (secondary N) is 1. The van der Waals surface area contributed by atoms with E-state index in [0.717, 1.165) is 25.8 Å². The Hall–Kier alpha value is -1.36. The van der Waals surface area contributed by atoms with Crippen molar-refractivity contribution in [2.24, 2.45) is 0 Å². The lowest BCUT2D eigenvalue weighted by molar-refractivity contribution is 0.414. The molecule has 2 aliphatic rings. The zero-order valence-corrected chi connectivity index (χ0v) is 16.5. The molecule has 1 N–H and O–H groups in total. The molecule has 3 atom stereocenters. The molecule has 1 aliphatic carbocycles. The van der Waals surface area contributed by atoms with Crippen LogP contribution in [0.4, 0.5) is 4.39 Å². The van der Waals surface area contributed by atoms with Crippen LogP contribution in [-0.2, 0) is 27.8 Å². The van der Waals surface area contributed by atoms with Crippen molar-refractivity contribution in [2.45, 2.75) is 61.1 Å². The summed E-state index contributed by atoms with van der Waals surface area (Å²) in [6.45, 7) is 7.51. The van der Waals surface area contributed by atoms with Gasteiger partial charge in [-0.05, 0) is 52.7 Å². The van der Waals surface area contributed by atoms with Crippen molar-refractivity contribution in [1.29, 1.82) is 0 Å². The third-order valence-corrected chi connectivity index (χ3v) is 7.97. The molecule has 26 heavy (non-hydrogen) atoms. The number of fused-ring (bicyclic) bond motifs is 3. The summed E-state index contributed by atoms with van der Waals surface area (Å²) in [5.41, 5.74) is 3.90. The van der Waals surface area contributed by atoms with Crippen LogP contribution < -0.4 is 5.32 Å². The van der Waals surface area contributed by atoms with Gasteiger partial charge in [-0.2, -0.15) is 0 Å². The highest BCUT2D eigenvalue weighted by Gasteiger charge is 2.57. The van der Waals surface area contributed by atoms with E-state index in [0.29, 0.717) is 4.90 Å². The first-order chi connectivity index (χ1) is 12.3. The van der Waals surface area contributed by atoms with E-state index in [1.807, 2.05) is 0 Å². The summed E-state index contributed by atoms with van der Waals surface area (Å²) < 4.78 is 27.0. The van der Waals surface area contributed by atoms with Gasteiger partial charge in [-0.25, -0.2) is 4.39 Å². The lowest BCUT2D eigenvalue weighted by Gasteiger charge is -2.41. The number of hydrogen-bond donors (Lipinski definition) is 1. The molecule has 0 radical (unpaired) electrons. The molecule has 2 aromatic carbocycles. The van der Waals surface area contributed by atoms with Gasteiger partial charge in [0.1, 0.15) is 5.82 Å². The van der Waals surface area contributed by atoms with Crippen LogP contribution in [0.3, 0.4) is 0 Å². The normalized spacial score (nSPS) is 26.3. The fraction of sp³-hybridized carbons (Fsp3) is 0.455. The van der Waals surface area contributed by atoms with Gasteiger partial charge in [-0.3, -0.25) is 0 Å². The van der Waals surface area contributed by atoms with Crippen LogP contribution in [0, 0.1) is 5.82 Å². The fourth-order valence-corrected chi connectivity index (χ4v) is 6.51. The summed E-state index contributed by atoms with van der Waals surface area (Å²) in [6, 6.07) is 13.1. The maximum Gasteiger partial charge on any atom is 0.172 e. The highest BCUT2D eigenvalue weighted by Crippen LogP contribution is 2.50. The lowest BCUT2D eigenvalue weighted by Crippen LogP contribution is -2.49. The second kappa shape index (κ2) is 6.36. The van der Waals surface area contributed by atoms with E-state index in [2.05, 4.69) is 44.3 Å². The van der Waals surface area contributed by atoms with Crippen molar-refractivity contribution < 1.29 is 8.94 Å². The quantitative estimate of drug-likeness (QED) is 0.793. The maximum atomic E-state index is 13.8. The van der Waals surface area contributed by atoms with Crippen LogP contribution in [0.2, 0.25) is 0 Å². The predicted molar refractivity (Wildman–Crippen MR) is 104 cm³/mol. The summed E-state index contributed by atoms with van der Waals surface area (Å²) in [5, 5.41) is 3.56. The monoisotopic (exact) mass is 371 g/mol. The van der Waals surface area contributed by atoms with Crippen LogP contribution in [0.1, 0.15) is 50.3 Å². The molecule has 1 aliphatic heterocycles. The Bertz CT molecular complexity index is 831. The maximum absolute atomic E-state index is 13.8. The molecule has 0 spiro atoms. The van der Waals surface area contributed by atoms with E-state index in [1.165, 1.54) is 28.8 Å². The first-order valence-corrected chi connectivity index (χ1v) is 10.5. The molecule has 0 aromatic heterocycles. The van der Waals surface area contributed by atoms with E-state index in [1.54, 1.807) is 12.1 Å². The molecule has 138 valence electrons. The Morgan fingerprint density at radius 3 is 2.73 bits per heavy atom. The number of halogens is 1. The lowest BCUT2D eigenvalue weighted by atomic mass is 9.76. The molecule has 4 heteroatoms. The van der Waals surface area contributed by atoms with Crippen molar-refractivity contribution in [3.05, 3.63) is 65.0 Å². The molecular weight excluding hydrogens is 345 g/mol. The van der Waals surface area contributed by atoms with Crippen molar-refractivity contribution >= 4 is 11.2 Å². The first-order valence-electron chi connectivity index (χ1n) is 9.37. The Morgan fingerprint density at radius 2 is 2.00 bits per heavy atom. The van der Waals surface area contributed by atoms with Crippen molar-refractivity contribution in [2.75, 3.05) is 6.54 Å². The topological polar surface area (TPSA) is 35.1 Å². The van der Waals surface area contributed by atoms with E-state index in [-0.39, 0.29) is 17.3 Å². The summed E-state index contributed by atoms with van der Waals surface area (Å²) in [5.74, 6) is -0.325. The zero-order valence-electron chi connectivity index (χ0n) is 15.6.